The Balaban J connectivity index is 1.24. The number of carbonyl (C=O) groups excluding carboxylic acids is 2. The summed E-state index contributed by atoms with van der Waals surface area (Å²) >= 11 is 0. The molecule has 6 rings (SSSR count). The van der Waals surface area contributed by atoms with Crippen molar-refractivity contribution in [1.82, 2.24) is 10.2 Å². The Morgan fingerprint density at radius 3 is 1.82 bits per heavy atom. The van der Waals surface area contributed by atoms with Gasteiger partial charge in [0.15, 0.2) is 0 Å². The number of ether oxygens (including phenoxy) is 2. The number of hydrogen-bond acceptors (Lipinski definition) is 7. The van der Waals surface area contributed by atoms with Crippen LogP contribution in [0.2, 0.25) is 5.04 Å². The van der Waals surface area contributed by atoms with Gasteiger partial charge < -0.3 is 34.7 Å². The highest BCUT2D eigenvalue weighted by Gasteiger charge is 2.51. The van der Waals surface area contributed by atoms with E-state index in [9.17, 15) is 24.6 Å². The van der Waals surface area contributed by atoms with Crippen LogP contribution in [0.4, 0.5) is 15.3 Å². The minimum atomic E-state index is -3.02. The van der Waals surface area contributed by atoms with Crippen LogP contribution in [0.25, 0.3) is 0 Å². The monoisotopic (exact) mass is 829 g/mol. The third-order valence-electron chi connectivity index (χ3n) is 11.3. The maximum atomic E-state index is 14.4. The topological polar surface area (TPSA) is 147 Å². The van der Waals surface area contributed by atoms with Crippen LogP contribution in [-0.2, 0) is 25.1 Å². The second-order valence-corrected chi connectivity index (χ2v) is 20.4. The molecule has 1 heterocycles. The first-order chi connectivity index (χ1) is 29.0. The maximum Gasteiger partial charge on any atom is 0.407 e. The summed E-state index contributed by atoms with van der Waals surface area (Å²) in [5.74, 6) is -0.985. The van der Waals surface area contributed by atoms with Gasteiger partial charge in [0, 0.05) is 11.6 Å². The number of nitrogens with one attached hydrogen (secondary N) is 2. The molecule has 1 saturated heterocycles. The Labute approximate surface area is 353 Å². The van der Waals surface area contributed by atoms with Crippen molar-refractivity contribution in [1.29, 1.82) is 0 Å². The second-order valence-electron chi connectivity index (χ2n) is 16.1. The number of nitrogens with zero attached hydrogens (tertiary/aromatic N) is 1. The van der Waals surface area contributed by atoms with Gasteiger partial charge in [0.2, 0.25) is 5.91 Å². The molecule has 0 spiro atoms. The van der Waals surface area contributed by atoms with E-state index in [0.717, 1.165) is 27.1 Å². The van der Waals surface area contributed by atoms with E-state index in [1.807, 2.05) is 115 Å². The van der Waals surface area contributed by atoms with E-state index < -0.39 is 63.2 Å². The summed E-state index contributed by atoms with van der Waals surface area (Å²) in [6.07, 6.45) is -2.37. The lowest BCUT2D eigenvalue weighted by molar-refractivity contribution is -0.134. The van der Waals surface area contributed by atoms with Crippen LogP contribution in [0, 0.1) is 0 Å². The molecular formula is C48H55N3O8Si. The SMILES string of the molecule is COC(=O)N[C@H](C(=O)Nc1ccccc1CC[C@@H]1CN(C(=O)O)[C@H](CO)[C@@H](CO[Si](c2ccccc2)(c2ccccc2)C(C)(C)C)O1)C(c1ccccc1)c1ccccc1. The van der Waals surface area contributed by atoms with Gasteiger partial charge in [-0.3, -0.25) is 9.69 Å². The first-order valence-electron chi connectivity index (χ1n) is 20.3. The highest BCUT2D eigenvalue weighted by molar-refractivity contribution is 6.99. The minimum absolute atomic E-state index is 0.0474. The maximum absolute atomic E-state index is 14.4. The quantitative estimate of drug-likeness (QED) is 0.0844. The van der Waals surface area contributed by atoms with Crippen LogP contribution in [0.3, 0.4) is 0 Å². The number of methoxy groups -OCH3 is 1. The molecule has 4 N–H and O–H groups in total. The fraction of sp³-hybridized carbons (Fsp3) is 0.312. The van der Waals surface area contributed by atoms with Crippen LogP contribution >= 0.6 is 0 Å². The lowest BCUT2D eigenvalue weighted by atomic mass is 9.84. The number of hydrogen-bond donors (Lipinski definition) is 4. The molecule has 0 unspecified atom stereocenters. The molecule has 1 fully saturated rings. The van der Waals surface area contributed by atoms with Crippen molar-refractivity contribution in [2.75, 3.05) is 32.2 Å². The summed E-state index contributed by atoms with van der Waals surface area (Å²) in [6, 6.07) is 44.9. The molecule has 0 saturated carbocycles. The van der Waals surface area contributed by atoms with Crippen LogP contribution in [0.1, 0.15) is 49.8 Å². The molecule has 314 valence electrons. The van der Waals surface area contributed by atoms with Crippen molar-refractivity contribution in [2.24, 2.45) is 0 Å². The highest BCUT2D eigenvalue weighted by atomic mass is 28.4. The van der Waals surface area contributed by atoms with Crippen molar-refractivity contribution in [3.05, 3.63) is 162 Å². The molecule has 5 aromatic rings. The number of anilines is 1. The fourth-order valence-corrected chi connectivity index (χ4v) is 13.0. The Morgan fingerprint density at radius 2 is 1.32 bits per heavy atom. The number of rotatable bonds is 15. The predicted octanol–water partition coefficient (Wildman–Crippen LogP) is 6.80. The molecular weight excluding hydrogens is 775 g/mol. The molecule has 0 aliphatic carbocycles. The molecule has 1 aliphatic heterocycles. The number of alkyl carbamates (subject to hydrolysis) is 1. The Morgan fingerprint density at radius 1 is 0.800 bits per heavy atom. The van der Waals surface area contributed by atoms with E-state index in [0.29, 0.717) is 18.5 Å². The summed E-state index contributed by atoms with van der Waals surface area (Å²) in [4.78, 5) is 41.1. The van der Waals surface area contributed by atoms with Crippen LogP contribution in [0.15, 0.2) is 146 Å². The molecule has 60 heavy (non-hydrogen) atoms. The van der Waals surface area contributed by atoms with Gasteiger partial charge in [-0.2, -0.15) is 0 Å². The molecule has 5 aromatic carbocycles. The molecule has 0 aromatic heterocycles. The van der Waals surface area contributed by atoms with Crippen LogP contribution in [0.5, 0.6) is 0 Å². The van der Waals surface area contributed by atoms with Crippen molar-refractivity contribution >= 4 is 42.5 Å². The average Bonchev–Trinajstić information content (AvgIpc) is 3.26. The predicted molar refractivity (Wildman–Crippen MR) is 235 cm³/mol. The normalized spacial score (nSPS) is 17.4. The Hall–Kier alpha value is -5.79. The summed E-state index contributed by atoms with van der Waals surface area (Å²) in [6.45, 7) is 6.19. The Bertz CT molecular complexity index is 2080. The number of aliphatic hydroxyl groups is 1. The third-order valence-corrected chi connectivity index (χ3v) is 16.3. The fourth-order valence-electron chi connectivity index (χ4n) is 8.42. The standard InChI is InChI=1S/C48H55N3O8Si/c1-48(2,3)60(38-24-13-7-14-25-38,39-26-15-8-16-27-39)58-33-42-41(32-52)51(47(55)56)31-37(59-42)30-29-34-19-17-18-28-40(34)49-45(53)44(50-46(54)57-4)43(35-20-9-5-10-21-35)36-22-11-6-12-23-36/h5-28,37,41-44,52H,29-33H2,1-4H3,(H,49,53)(H,50,54)(H,55,56)/t37-,41-,42-,44+/m1/s1. The molecule has 3 amide bonds. The zero-order chi connectivity index (χ0) is 42.7. The molecule has 1 aliphatic rings. The van der Waals surface area contributed by atoms with Crippen LogP contribution < -0.4 is 21.0 Å². The van der Waals surface area contributed by atoms with E-state index in [2.05, 4.69) is 55.7 Å². The van der Waals surface area contributed by atoms with Gasteiger partial charge in [-0.05, 0) is 51.0 Å². The zero-order valence-corrected chi connectivity index (χ0v) is 35.6. The summed E-state index contributed by atoms with van der Waals surface area (Å²) in [5.41, 5.74) is 3.01. The number of aliphatic hydroxyl groups excluding tert-OH is 1. The van der Waals surface area contributed by atoms with E-state index in [4.69, 9.17) is 13.9 Å². The smallest absolute Gasteiger partial charge is 0.407 e. The summed E-state index contributed by atoms with van der Waals surface area (Å²) in [5, 5.41) is 28.7. The average molecular weight is 830 g/mol. The van der Waals surface area contributed by atoms with Crippen molar-refractivity contribution < 1.29 is 38.5 Å². The number of benzene rings is 5. The van der Waals surface area contributed by atoms with Gasteiger partial charge in [0.25, 0.3) is 8.32 Å². The number of amides is 3. The van der Waals surface area contributed by atoms with Crippen LogP contribution in [-0.4, -0.2) is 92.7 Å². The van der Waals surface area contributed by atoms with E-state index in [1.54, 1.807) is 6.07 Å². The van der Waals surface area contributed by atoms with Gasteiger partial charge in [-0.25, -0.2) is 9.59 Å². The number of carboxylic acid groups (broad SMARTS) is 1. The number of para-hydroxylation sites is 1. The lowest BCUT2D eigenvalue weighted by Crippen LogP contribution is -2.68. The number of aryl methyl sites for hydroxylation is 1. The van der Waals surface area contributed by atoms with Crippen molar-refractivity contribution in [3.63, 3.8) is 0 Å². The second kappa shape index (κ2) is 20.0. The van der Waals surface area contributed by atoms with Gasteiger partial charge >= 0.3 is 12.2 Å². The largest absolute Gasteiger partial charge is 0.465 e. The minimum Gasteiger partial charge on any atom is -0.465 e. The number of carbonyl (C=O) groups is 3. The highest BCUT2D eigenvalue weighted by Crippen LogP contribution is 2.38. The number of morpholine rings is 1. The Kier molecular flexibility index (Phi) is 14.6. The third kappa shape index (κ3) is 9.97. The molecule has 4 atom stereocenters. The van der Waals surface area contributed by atoms with Gasteiger partial charge in [-0.1, -0.05) is 160 Å². The lowest BCUT2D eigenvalue weighted by Gasteiger charge is -2.47. The molecule has 11 nitrogen and oxygen atoms in total. The van der Waals surface area contributed by atoms with E-state index in [-0.39, 0.29) is 18.2 Å². The van der Waals surface area contributed by atoms with E-state index in [1.165, 1.54) is 12.0 Å². The van der Waals surface area contributed by atoms with Gasteiger partial charge in [0.05, 0.1) is 39.0 Å². The van der Waals surface area contributed by atoms with Crippen molar-refractivity contribution in [2.45, 2.75) is 68.9 Å². The zero-order valence-electron chi connectivity index (χ0n) is 34.6. The van der Waals surface area contributed by atoms with Crippen molar-refractivity contribution in [3.8, 4) is 0 Å². The van der Waals surface area contributed by atoms with E-state index >= 15 is 0 Å². The first-order valence-corrected chi connectivity index (χ1v) is 22.2. The summed E-state index contributed by atoms with van der Waals surface area (Å²) in [7, 11) is -1.76. The van der Waals surface area contributed by atoms with Gasteiger partial charge in [-0.15, -0.1) is 0 Å². The molecule has 12 heteroatoms. The summed E-state index contributed by atoms with van der Waals surface area (Å²) < 4.78 is 18.8. The molecule has 0 radical (unpaired) electrons. The molecule has 0 bridgehead atoms. The van der Waals surface area contributed by atoms with Gasteiger partial charge in [0.1, 0.15) is 12.1 Å². The first kappa shape index (κ1) is 43.8.